The van der Waals surface area contributed by atoms with Crippen LogP contribution in [0.1, 0.15) is 10.6 Å². The van der Waals surface area contributed by atoms with Gasteiger partial charge in [0.15, 0.2) is 11.6 Å². The molecule has 0 saturated carbocycles. The van der Waals surface area contributed by atoms with Crippen molar-refractivity contribution >= 4 is 45.0 Å². The summed E-state index contributed by atoms with van der Waals surface area (Å²) in [6, 6.07) is 14.9. The second kappa shape index (κ2) is 8.06. The number of amides is 1. The lowest BCUT2D eigenvalue weighted by molar-refractivity contribution is 0.101. The Morgan fingerprint density at radius 1 is 0.853 bits per heavy atom. The summed E-state index contributed by atoms with van der Waals surface area (Å²) in [5, 5.41) is 21.5. The number of nitrogens with one attached hydrogen (secondary N) is 4. The van der Waals surface area contributed by atoms with E-state index in [1.807, 2.05) is 36.4 Å². The van der Waals surface area contributed by atoms with Crippen LogP contribution in [0.15, 0.2) is 73.3 Å². The van der Waals surface area contributed by atoms with Gasteiger partial charge in [0, 0.05) is 22.8 Å². The standard InChI is InChI=1S/C23H16N10O/c34-23(29-16-5-8-25-26-12-16)22-30-18-3-1-13(10-19(18)31-22)21-24-7-6-20(32-21)28-15-2-4-17-14(9-15)11-27-33-17/h1-12H,(H,27,33)(H,30,31)(H,24,28,32)(H,25,29,34). The Hall–Kier alpha value is -5.19. The van der Waals surface area contributed by atoms with Crippen molar-refractivity contribution in [2.75, 3.05) is 10.6 Å². The first-order valence-corrected chi connectivity index (χ1v) is 10.3. The second-order valence-electron chi connectivity index (χ2n) is 7.47. The molecule has 2 aromatic carbocycles. The number of carbonyl (C=O) groups excluding carboxylic acids is 1. The van der Waals surface area contributed by atoms with Gasteiger partial charge in [0.1, 0.15) is 5.82 Å². The van der Waals surface area contributed by atoms with Crippen LogP contribution in [-0.4, -0.2) is 46.2 Å². The molecule has 0 saturated heterocycles. The lowest BCUT2D eigenvalue weighted by atomic mass is 10.2. The molecule has 164 valence electrons. The highest BCUT2D eigenvalue weighted by molar-refractivity contribution is 6.03. The maximum atomic E-state index is 12.5. The number of hydrogen-bond donors (Lipinski definition) is 4. The average molecular weight is 448 g/mol. The highest BCUT2D eigenvalue weighted by atomic mass is 16.2. The fourth-order valence-corrected chi connectivity index (χ4v) is 3.55. The summed E-state index contributed by atoms with van der Waals surface area (Å²) >= 11 is 0. The molecule has 6 rings (SSSR count). The number of aromatic nitrogens is 8. The predicted molar refractivity (Wildman–Crippen MR) is 126 cm³/mol. The molecule has 4 N–H and O–H groups in total. The van der Waals surface area contributed by atoms with E-state index >= 15 is 0 Å². The lowest BCUT2D eigenvalue weighted by Crippen LogP contribution is -2.13. The van der Waals surface area contributed by atoms with Crippen molar-refractivity contribution in [3.05, 3.63) is 79.1 Å². The number of H-pyrrole nitrogens is 2. The minimum absolute atomic E-state index is 0.190. The topological polar surface area (TPSA) is 150 Å². The number of hydrogen-bond acceptors (Lipinski definition) is 8. The van der Waals surface area contributed by atoms with Gasteiger partial charge in [-0.25, -0.2) is 15.0 Å². The minimum Gasteiger partial charge on any atom is -0.340 e. The van der Waals surface area contributed by atoms with Crippen LogP contribution in [0, 0.1) is 0 Å². The third-order valence-corrected chi connectivity index (χ3v) is 5.17. The Balaban J connectivity index is 1.25. The molecule has 4 aromatic heterocycles. The lowest BCUT2D eigenvalue weighted by Gasteiger charge is -2.07. The van der Waals surface area contributed by atoms with E-state index in [4.69, 9.17) is 0 Å². The zero-order valence-corrected chi connectivity index (χ0v) is 17.5. The van der Waals surface area contributed by atoms with Crippen LogP contribution < -0.4 is 10.6 Å². The fraction of sp³-hybridized carbons (Fsp3) is 0. The monoisotopic (exact) mass is 448 g/mol. The number of carbonyl (C=O) groups is 1. The van der Waals surface area contributed by atoms with Crippen molar-refractivity contribution in [2.24, 2.45) is 0 Å². The molecule has 1 amide bonds. The molecule has 0 fully saturated rings. The third-order valence-electron chi connectivity index (χ3n) is 5.17. The van der Waals surface area contributed by atoms with Crippen LogP contribution in [0.3, 0.4) is 0 Å². The molecule has 34 heavy (non-hydrogen) atoms. The van der Waals surface area contributed by atoms with E-state index < -0.39 is 0 Å². The van der Waals surface area contributed by atoms with Gasteiger partial charge in [-0.1, -0.05) is 0 Å². The summed E-state index contributed by atoms with van der Waals surface area (Å²) in [6.45, 7) is 0. The molecule has 0 aliphatic heterocycles. The van der Waals surface area contributed by atoms with Crippen LogP contribution in [0.25, 0.3) is 33.3 Å². The molecule has 0 bridgehead atoms. The van der Waals surface area contributed by atoms with Crippen molar-refractivity contribution in [1.29, 1.82) is 0 Å². The smallest absolute Gasteiger partial charge is 0.291 e. The van der Waals surface area contributed by atoms with Crippen LogP contribution in [-0.2, 0) is 0 Å². The summed E-state index contributed by atoms with van der Waals surface area (Å²) < 4.78 is 0. The van der Waals surface area contributed by atoms with Gasteiger partial charge in [-0.3, -0.25) is 9.89 Å². The Morgan fingerprint density at radius 3 is 2.74 bits per heavy atom. The van der Waals surface area contributed by atoms with E-state index in [1.54, 1.807) is 24.5 Å². The van der Waals surface area contributed by atoms with Gasteiger partial charge in [-0.2, -0.15) is 15.3 Å². The maximum absolute atomic E-state index is 12.5. The number of aromatic amines is 2. The van der Waals surface area contributed by atoms with Gasteiger partial charge in [-0.15, -0.1) is 0 Å². The third kappa shape index (κ3) is 3.77. The number of anilines is 3. The molecule has 0 radical (unpaired) electrons. The SMILES string of the molecule is O=C(Nc1ccnnc1)c1nc2ccc(-c3nccc(Nc4ccc5[nH]ncc5c4)n3)cc2[nH]1. The predicted octanol–water partition coefficient (Wildman–Crippen LogP) is 3.68. The Bertz CT molecular complexity index is 1640. The quantitative estimate of drug-likeness (QED) is 0.312. The Morgan fingerprint density at radius 2 is 1.82 bits per heavy atom. The first-order valence-electron chi connectivity index (χ1n) is 10.3. The largest absolute Gasteiger partial charge is 0.340 e. The normalized spacial score (nSPS) is 11.1. The van der Waals surface area contributed by atoms with E-state index in [-0.39, 0.29) is 11.7 Å². The number of rotatable bonds is 5. The molecule has 0 spiro atoms. The van der Waals surface area contributed by atoms with Crippen LogP contribution in [0.4, 0.5) is 17.2 Å². The second-order valence-corrected chi connectivity index (χ2v) is 7.47. The van der Waals surface area contributed by atoms with Gasteiger partial charge in [0.25, 0.3) is 5.91 Å². The summed E-state index contributed by atoms with van der Waals surface area (Å²) in [4.78, 5) is 29.0. The molecule has 4 heterocycles. The van der Waals surface area contributed by atoms with E-state index in [2.05, 4.69) is 51.0 Å². The van der Waals surface area contributed by atoms with E-state index in [9.17, 15) is 4.79 Å². The zero-order valence-electron chi connectivity index (χ0n) is 17.5. The Labute approximate surface area is 191 Å². The molecular formula is C23H16N10O. The van der Waals surface area contributed by atoms with Crippen molar-refractivity contribution in [2.45, 2.75) is 0 Å². The molecule has 0 aliphatic rings. The summed E-state index contributed by atoms with van der Waals surface area (Å²) in [7, 11) is 0. The number of fused-ring (bicyclic) bond motifs is 2. The molecule has 11 nitrogen and oxygen atoms in total. The molecule has 0 unspecified atom stereocenters. The number of nitrogens with zero attached hydrogens (tertiary/aromatic N) is 6. The van der Waals surface area contributed by atoms with Gasteiger partial charge in [-0.05, 0) is 48.5 Å². The highest BCUT2D eigenvalue weighted by Gasteiger charge is 2.13. The first-order chi connectivity index (χ1) is 16.7. The summed E-state index contributed by atoms with van der Waals surface area (Å²) in [5.74, 6) is 1.01. The van der Waals surface area contributed by atoms with E-state index in [0.29, 0.717) is 28.4 Å². The number of imidazole rings is 1. The highest BCUT2D eigenvalue weighted by Crippen LogP contribution is 2.24. The van der Waals surface area contributed by atoms with Crippen LogP contribution in [0.5, 0.6) is 0 Å². The van der Waals surface area contributed by atoms with Crippen LogP contribution in [0.2, 0.25) is 0 Å². The van der Waals surface area contributed by atoms with Gasteiger partial charge in [0.2, 0.25) is 0 Å². The zero-order chi connectivity index (χ0) is 22.9. The van der Waals surface area contributed by atoms with Gasteiger partial charge < -0.3 is 15.6 Å². The summed E-state index contributed by atoms with van der Waals surface area (Å²) in [6.07, 6.45) is 6.43. The van der Waals surface area contributed by atoms with E-state index in [0.717, 1.165) is 22.2 Å². The molecule has 0 aliphatic carbocycles. The maximum Gasteiger partial charge on any atom is 0.291 e. The molecule has 0 atom stereocenters. The Kier molecular flexibility index (Phi) is 4.62. The average Bonchev–Trinajstić information content (AvgIpc) is 3.51. The van der Waals surface area contributed by atoms with Gasteiger partial charge >= 0.3 is 0 Å². The van der Waals surface area contributed by atoms with Crippen molar-refractivity contribution in [3.8, 4) is 11.4 Å². The van der Waals surface area contributed by atoms with Crippen molar-refractivity contribution in [1.82, 2.24) is 40.3 Å². The van der Waals surface area contributed by atoms with Crippen LogP contribution >= 0.6 is 0 Å². The number of benzene rings is 2. The molecular weight excluding hydrogens is 432 g/mol. The van der Waals surface area contributed by atoms with E-state index in [1.165, 1.54) is 12.4 Å². The first kappa shape index (κ1) is 19.5. The van der Waals surface area contributed by atoms with Crippen molar-refractivity contribution < 1.29 is 4.79 Å². The van der Waals surface area contributed by atoms with Crippen molar-refractivity contribution in [3.63, 3.8) is 0 Å². The minimum atomic E-state index is -0.372. The van der Waals surface area contributed by atoms with Gasteiger partial charge in [0.05, 0.1) is 40.8 Å². The molecule has 11 heteroatoms. The molecule has 6 aromatic rings. The fourth-order valence-electron chi connectivity index (χ4n) is 3.55. The summed E-state index contributed by atoms with van der Waals surface area (Å²) in [5.41, 5.74) is 4.53.